The third kappa shape index (κ3) is 4.49. The zero-order valence-electron chi connectivity index (χ0n) is 10.9. The molecule has 0 aromatic heterocycles. The Morgan fingerprint density at radius 2 is 1.95 bits per heavy atom. The van der Waals surface area contributed by atoms with Crippen molar-refractivity contribution in [2.75, 3.05) is 26.2 Å². The van der Waals surface area contributed by atoms with E-state index in [1.54, 1.807) is 12.1 Å². The minimum Gasteiger partial charge on any atom is -0.508 e. The summed E-state index contributed by atoms with van der Waals surface area (Å²) >= 11 is 0. The molecule has 0 radical (unpaired) electrons. The van der Waals surface area contributed by atoms with E-state index in [1.807, 2.05) is 0 Å². The molecule has 2 rings (SSSR count). The Hall–Kier alpha value is -0.550. The number of aromatic hydroxyl groups is 1. The minimum atomic E-state index is -0.310. The van der Waals surface area contributed by atoms with Crippen molar-refractivity contribution in [1.29, 1.82) is 0 Å². The van der Waals surface area contributed by atoms with Gasteiger partial charge in [-0.25, -0.2) is 4.39 Å². The quantitative estimate of drug-likeness (QED) is 0.901. The second kappa shape index (κ2) is 8.59. The second-order valence-corrected chi connectivity index (χ2v) is 4.42. The van der Waals surface area contributed by atoms with Gasteiger partial charge in [0.2, 0.25) is 0 Å². The highest BCUT2D eigenvalue weighted by molar-refractivity contribution is 5.85. The SMILES string of the molecule is CC[C@@H](c1ccc(O)cc1F)N1CCNCC1.Cl.Cl. The molecule has 1 fully saturated rings. The predicted molar refractivity (Wildman–Crippen MR) is 80.0 cm³/mol. The van der Waals surface area contributed by atoms with Crippen LogP contribution in [0.3, 0.4) is 0 Å². The van der Waals surface area contributed by atoms with Gasteiger partial charge in [0.15, 0.2) is 0 Å². The summed E-state index contributed by atoms with van der Waals surface area (Å²) in [5.74, 6) is -0.322. The Bertz CT molecular complexity index is 387. The molecule has 1 aliphatic heterocycles. The van der Waals surface area contributed by atoms with Crippen molar-refractivity contribution in [2.45, 2.75) is 19.4 Å². The zero-order chi connectivity index (χ0) is 12.3. The standard InChI is InChI=1S/C13H19FN2O.2ClH/c1-2-13(16-7-5-15-6-8-16)11-4-3-10(17)9-12(11)14;;/h3-4,9,13,15,17H,2,5-8H2,1H3;2*1H/t13-;;/m0../s1. The number of phenols is 1. The summed E-state index contributed by atoms with van der Waals surface area (Å²) in [7, 11) is 0. The summed E-state index contributed by atoms with van der Waals surface area (Å²) in [5.41, 5.74) is 0.687. The maximum atomic E-state index is 13.8. The van der Waals surface area contributed by atoms with Gasteiger partial charge in [0.05, 0.1) is 0 Å². The summed E-state index contributed by atoms with van der Waals surface area (Å²) in [6, 6.07) is 4.56. The third-order valence-electron chi connectivity index (χ3n) is 3.32. The fourth-order valence-electron chi connectivity index (χ4n) is 2.45. The van der Waals surface area contributed by atoms with Crippen LogP contribution in [-0.2, 0) is 0 Å². The fourth-order valence-corrected chi connectivity index (χ4v) is 2.45. The smallest absolute Gasteiger partial charge is 0.131 e. The van der Waals surface area contributed by atoms with Gasteiger partial charge in [0, 0.05) is 43.9 Å². The second-order valence-electron chi connectivity index (χ2n) is 4.42. The molecule has 0 bridgehead atoms. The van der Waals surface area contributed by atoms with Crippen molar-refractivity contribution in [3.05, 3.63) is 29.6 Å². The highest BCUT2D eigenvalue weighted by Gasteiger charge is 2.22. The molecule has 1 saturated heterocycles. The largest absolute Gasteiger partial charge is 0.508 e. The summed E-state index contributed by atoms with van der Waals surface area (Å²) in [6.45, 7) is 5.86. The molecule has 1 aliphatic rings. The number of hydrogen-bond donors (Lipinski definition) is 2. The van der Waals surface area contributed by atoms with Gasteiger partial charge in [0.25, 0.3) is 0 Å². The molecule has 2 N–H and O–H groups in total. The van der Waals surface area contributed by atoms with E-state index in [0.29, 0.717) is 5.56 Å². The molecule has 6 heteroatoms. The van der Waals surface area contributed by atoms with Crippen LogP contribution in [0.25, 0.3) is 0 Å². The molecule has 1 aromatic rings. The van der Waals surface area contributed by atoms with E-state index < -0.39 is 0 Å². The normalized spacial score (nSPS) is 17.2. The maximum absolute atomic E-state index is 13.8. The molecule has 1 heterocycles. The molecule has 0 aliphatic carbocycles. The zero-order valence-corrected chi connectivity index (χ0v) is 12.6. The Balaban J connectivity index is 0.00000162. The van der Waals surface area contributed by atoms with Crippen LogP contribution in [-0.4, -0.2) is 36.2 Å². The molecule has 0 unspecified atom stereocenters. The number of phenolic OH excluding ortho intramolecular Hbond substituents is 1. The lowest BCUT2D eigenvalue weighted by Crippen LogP contribution is -2.45. The van der Waals surface area contributed by atoms with Crippen molar-refractivity contribution in [3.8, 4) is 5.75 Å². The van der Waals surface area contributed by atoms with Crippen molar-refractivity contribution in [1.82, 2.24) is 10.2 Å². The molecule has 19 heavy (non-hydrogen) atoms. The molecule has 1 aromatic carbocycles. The predicted octanol–water partition coefficient (Wildman–Crippen LogP) is 2.73. The molecule has 0 spiro atoms. The molecule has 1 atom stereocenters. The first-order valence-corrected chi connectivity index (χ1v) is 6.15. The van der Waals surface area contributed by atoms with Crippen LogP contribution in [0.1, 0.15) is 24.9 Å². The monoisotopic (exact) mass is 310 g/mol. The van der Waals surface area contributed by atoms with Gasteiger partial charge in [-0.2, -0.15) is 0 Å². The van der Waals surface area contributed by atoms with Crippen LogP contribution >= 0.6 is 24.8 Å². The van der Waals surface area contributed by atoms with Crippen LogP contribution in [0.2, 0.25) is 0 Å². The number of rotatable bonds is 3. The Kier molecular flexibility index (Phi) is 8.34. The van der Waals surface area contributed by atoms with Crippen molar-refractivity contribution < 1.29 is 9.50 Å². The van der Waals surface area contributed by atoms with Gasteiger partial charge in [-0.05, 0) is 12.5 Å². The van der Waals surface area contributed by atoms with E-state index in [-0.39, 0.29) is 42.4 Å². The van der Waals surface area contributed by atoms with Crippen molar-refractivity contribution in [2.24, 2.45) is 0 Å². The Morgan fingerprint density at radius 1 is 1.32 bits per heavy atom. The molecule has 0 amide bonds. The van der Waals surface area contributed by atoms with E-state index in [1.165, 1.54) is 6.07 Å². The van der Waals surface area contributed by atoms with Crippen LogP contribution in [0.15, 0.2) is 18.2 Å². The first-order chi connectivity index (χ1) is 8.22. The lowest BCUT2D eigenvalue weighted by atomic mass is 10.0. The number of halogens is 3. The summed E-state index contributed by atoms with van der Waals surface area (Å²) in [4.78, 5) is 2.30. The van der Waals surface area contributed by atoms with Crippen LogP contribution in [0, 0.1) is 5.82 Å². The van der Waals surface area contributed by atoms with Crippen LogP contribution < -0.4 is 5.32 Å². The highest BCUT2D eigenvalue weighted by Crippen LogP contribution is 2.28. The average Bonchev–Trinajstić information content (AvgIpc) is 2.34. The van der Waals surface area contributed by atoms with Gasteiger partial charge in [-0.3, -0.25) is 4.90 Å². The first kappa shape index (κ1) is 18.4. The number of piperazine rings is 1. The molecular weight excluding hydrogens is 290 g/mol. The van der Waals surface area contributed by atoms with Crippen molar-refractivity contribution >= 4 is 24.8 Å². The number of hydrogen-bond acceptors (Lipinski definition) is 3. The van der Waals surface area contributed by atoms with Gasteiger partial charge in [-0.1, -0.05) is 13.0 Å². The highest BCUT2D eigenvalue weighted by atomic mass is 35.5. The van der Waals surface area contributed by atoms with E-state index in [4.69, 9.17) is 0 Å². The lowest BCUT2D eigenvalue weighted by molar-refractivity contribution is 0.166. The first-order valence-electron chi connectivity index (χ1n) is 6.15. The summed E-state index contributed by atoms with van der Waals surface area (Å²) in [6.07, 6.45) is 0.877. The Labute approximate surface area is 126 Å². The number of benzene rings is 1. The van der Waals surface area contributed by atoms with Gasteiger partial charge < -0.3 is 10.4 Å². The molecule has 0 saturated carbocycles. The van der Waals surface area contributed by atoms with Crippen LogP contribution in [0.4, 0.5) is 4.39 Å². The molecule has 3 nitrogen and oxygen atoms in total. The van der Waals surface area contributed by atoms with Gasteiger partial charge >= 0.3 is 0 Å². The van der Waals surface area contributed by atoms with E-state index in [9.17, 15) is 9.50 Å². The lowest BCUT2D eigenvalue weighted by Gasteiger charge is -2.34. The van der Waals surface area contributed by atoms with Gasteiger partial charge in [0.1, 0.15) is 11.6 Å². The summed E-state index contributed by atoms with van der Waals surface area (Å²) < 4.78 is 13.8. The topological polar surface area (TPSA) is 35.5 Å². The van der Waals surface area contributed by atoms with E-state index >= 15 is 0 Å². The Morgan fingerprint density at radius 3 is 2.47 bits per heavy atom. The minimum absolute atomic E-state index is 0. The number of nitrogens with zero attached hydrogens (tertiary/aromatic N) is 1. The maximum Gasteiger partial charge on any atom is 0.131 e. The number of nitrogens with one attached hydrogen (secondary N) is 1. The fraction of sp³-hybridized carbons (Fsp3) is 0.538. The average molecular weight is 311 g/mol. The van der Waals surface area contributed by atoms with Gasteiger partial charge in [-0.15, -0.1) is 24.8 Å². The van der Waals surface area contributed by atoms with Crippen molar-refractivity contribution in [3.63, 3.8) is 0 Å². The van der Waals surface area contributed by atoms with E-state index in [2.05, 4.69) is 17.1 Å². The van der Waals surface area contributed by atoms with Crippen LogP contribution in [0.5, 0.6) is 5.75 Å². The van der Waals surface area contributed by atoms with E-state index in [0.717, 1.165) is 32.6 Å². The molecule has 110 valence electrons. The third-order valence-corrected chi connectivity index (χ3v) is 3.32. The molecular formula is C13H21Cl2FN2O. The summed E-state index contributed by atoms with van der Waals surface area (Å²) in [5, 5.41) is 12.5.